The van der Waals surface area contributed by atoms with Gasteiger partial charge in [0.25, 0.3) is 5.91 Å². The Bertz CT molecular complexity index is 482. The summed E-state index contributed by atoms with van der Waals surface area (Å²) in [6.07, 6.45) is -9.08. The van der Waals surface area contributed by atoms with E-state index in [1.807, 2.05) is 0 Å². The fourth-order valence-electron chi connectivity index (χ4n) is 1.13. The average molecular weight is 287 g/mol. The van der Waals surface area contributed by atoms with E-state index in [0.29, 0.717) is 12.3 Å². The minimum Gasteiger partial charge on any atom is -0.365 e. The summed E-state index contributed by atoms with van der Waals surface area (Å²) >= 11 is 0. The number of carbonyl (C=O) groups is 1. The van der Waals surface area contributed by atoms with Crippen LogP contribution in [0.2, 0.25) is 0 Å². The smallest absolute Gasteiger partial charge is 0.365 e. The maximum atomic E-state index is 12.3. The largest absolute Gasteiger partial charge is 0.417 e. The molecule has 106 valence electrons. The van der Waals surface area contributed by atoms with Gasteiger partial charge in [-0.1, -0.05) is 0 Å². The zero-order valence-electron chi connectivity index (χ0n) is 9.06. The van der Waals surface area contributed by atoms with E-state index in [-0.39, 0.29) is 0 Å². The Morgan fingerprint density at radius 1 is 1.26 bits per heavy atom. The fourth-order valence-corrected chi connectivity index (χ4v) is 1.13. The summed E-state index contributed by atoms with van der Waals surface area (Å²) in [6.45, 7) is -1.55. The third-order valence-electron chi connectivity index (χ3n) is 1.94. The number of primary amides is 1. The Labute approximate surface area is 102 Å². The lowest BCUT2D eigenvalue weighted by Crippen LogP contribution is -2.24. The molecule has 0 saturated heterocycles. The second-order valence-electron chi connectivity index (χ2n) is 3.45. The molecule has 0 aliphatic rings. The number of pyridine rings is 1. The number of hydrogen-bond donors (Lipinski definition) is 2. The Morgan fingerprint density at radius 3 is 2.26 bits per heavy atom. The molecule has 0 saturated carbocycles. The van der Waals surface area contributed by atoms with Crippen LogP contribution in [-0.4, -0.2) is 23.6 Å². The minimum absolute atomic E-state index is 0.311. The molecule has 1 amide bonds. The van der Waals surface area contributed by atoms with Crippen molar-refractivity contribution in [1.29, 1.82) is 0 Å². The molecule has 0 unspecified atom stereocenters. The van der Waals surface area contributed by atoms with Crippen LogP contribution in [0.4, 0.5) is 32.2 Å². The van der Waals surface area contributed by atoms with Crippen molar-refractivity contribution in [2.75, 3.05) is 11.9 Å². The third-order valence-corrected chi connectivity index (χ3v) is 1.94. The molecule has 1 aromatic heterocycles. The lowest BCUT2D eigenvalue weighted by Gasteiger charge is -2.13. The van der Waals surface area contributed by atoms with E-state index >= 15 is 0 Å². The molecule has 0 radical (unpaired) electrons. The van der Waals surface area contributed by atoms with Gasteiger partial charge in [-0.2, -0.15) is 26.3 Å². The van der Waals surface area contributed by atoms with E-state index in [1.165, 1.54) is 0 Å². The highest BCUT2D eigenvalue weighted by Gasteiger charge is 2.33. The van der Waals surface area contributed by atoms with Crippen LogP contribution in [0.15, 0.2) is 12.3 Å². The molecule has 0 aliphatic heterocycles. The minimum atomic E-state index is -4.78. The molecular formula is C9H7F6N3O. The number of amides is 1. The molecule has 1 aromatic rings. The van der Waals surface area contributed by atoms with E-state index in [1.54, 1.807) is 5.32 Å². The summed E-state index contributed by atoms with van der Waals surface area (Å²) in [6, 6.07) is 0.341. The van der Waals surface area contributed by atoms with E-state index in [0.717, 1.165) is 0 Å². The third kappa shape index (κ3) is 4.30. The van der Waals surface area contributed by atoms with Crippen molar-refractivity contribution in [2.24, 2.45) is 5.73 Å². The number of anilines is 1. The monoisotopic (exact) mass is 287 g/mol. The Morgan fingerprint density at radius 2 is 1.84 bits per heavy atom. The van der Waals surface area contributed by atoms with Crippen LogP contribution in [0.25, 0.3) is 0 Å². The van der Waals surface area contributed by atoms with Crippen molar-refractivity contribution in [3.8, 4) is 0 Å². The van der Waals surface area contributed by atoms with Gasteiger partial charge in [-0.05, 0) is 6.07 Å². The maximum absolute atomic E-state index is 12.3. The Balaban J connectivity index is 3.09. The zero-order valence-corrected chi connectivity index (χ0v) is 9.06. The predicted molar refractivity (Wildman–Crippen MR) is 52.3 cm³/mol. The topological polar surface area (TPSA) is 68.0 Å². The van der Waals surface area contributed by atoms with Crippen molar-refractivity contribution in [1.82, 2.24) is 4.98 Å². The molecule has 0 atom stereocenters. The van der Waals surface area contributed by atoms with Crippen LogP contribution >= 0.6 is 0 Å². The van der Waals surface area contributed by atoms with Crippen molar-refractivity contribution in [2.45, 2.75) is 12.4 Å². The van der Waals surface area contributed by atoms with Gasteiger partial charge in [0.1, 0.15) is 12.4 Å². The first-order valence-electron chi connectivity index (χ1n) is 4.68. The lowest BCUT2D eigenvalue weighted by molar-refractivity contribution is -0.137. The average Bonchev–Trinajstić information content (AvgIpc) is 2.23. The molecular weight excluding hydrogens is 280 g/mol. The molecule has 0 aromatic carbocycles. The quantitative estimate of drug-likeness (QED) is 0.837. The molecule has 0 aliphatic carbocycles. The van der Waals surface area contributed by atoms with Crippen molar-refractivity contribution < 1.29 is 31.1 Å². The molecule has 0 spiro atoms. The van der Waals surface area contributed by atoms with Gasteiger partial charge in [0.2, 0.25) is 0 Å². The fraction of sp³-hybridized carbons (Fsp3) is 0.333. The van der Waals surface area contributed by atoms with E-state index < -0.39 is 41.7 Å². The number of nitrogens with zero attached hydrogens (tertiary/aromatic N) is 1. The van der Waals surface area contributed by atoms with Crippen molar-refractivity contribution >= 4 is 11.7 Å². The van der Waals surface area contributed by atoms with Gasteiger partial charge in [0, 0.05) is 6.20 Å². The summed E-state index contributed by atoms with van der Waals surface area (Å²) in [4.78, 5) is 14.1. The van der Waals surface area contributed by atoms with Crippen LogP contribution in [0.3, 0.4) is 0 Å². The van der Waals surface area contributed by atoms with Gasteiger partial charge in [-0.25, -0.2) is 4.98 Å². The number of aromatic nitrogens is 1. The molecule has 0 bridgehead atoms. The molecule has 0 fully saturated rings. The SMILES string of the molecule is NC(=O)c1cc(C(F)(F)F)cnc1NCC(F)(F)F. The number of carbonyl (C=O) groups excluding carboxylic acids is 1. The van der Waals surface area contributed by atoms with Crippen molar-refractivity contribution in [3.05, 3.63) is 23.4 Å². The number of alkyl halides is 6. The number of hydrogen-bond acceptors (Lipinski definition) is 3. The maximum Gasteiger partial charge on any atom is 0.417 e. The van der Waals surface area contributed by atoms with E-state index in [4.69, 9.17) is 5.73 Å². The van der Waals surface area contributed by atoms with Gasteiger partial charge in [-0.3, -0.25) is 4.79 Å². The molecule has 3 N–H and O–H groups in total. The van der Waals surface area contributed by atoms with Gasteiger partial charge in [-0.15, -0.1) is 0 Å². The highest BCUT2D eigenvalue weighted by molar-refractivity contribution is 5.97. The number of nitrogens with one attached hydrogen (secondary N) is 1. The first kappa shape index (κ1) is 15.1. The van der Waals surface area contributed by atoms with Gasteiger partial charge in [0.05, 0.1) is 11.1 Å². The first-order valence-corrected chi connectivity index (χ1v) is 4.68. The van der Waals surface area contributed by atoms with Crippen LogP contribution in [0.5, 0.6) is 0 Å². The lowest BCUT2D eigenvalue weighted by atomic mass is 10.1. The van der Waals surface area contributed by atoms with E-state index in [9.17, 15) is 31.1 Å². The molecule has 10 heteroatoms. The number of rotatable bonds is 3. The van der Waals surface area contributed by atoms with E-state index in [2.05, 4.69) is 4.98 Å². The Hall–Kier alpha value is -2.00. The van der Waals surface area contributed by atoms with Crippen molar-refractivity contribution in [3.63, 3.8) is 0 Å². The second-order valence-corrected chi connectivity index (χ2v) is 3.45. The second kappa shape index (κ2) is 4.94. The highest BCUT2D eigenvalue weighted by atomic mass is 19.4. The number of nitrogens with two attached hydrogens (primary N) is 1. The normalized spacial score (nSPS) is 12.3. The van der Waals surface area contributed by atoms with Gasteiger partial charge in [0.15, 0.2) is 0 Å². The first-order chi connectivity index (χ1) is 8.50. The number of halogens is 6. The van der Waals surface area contributed by atoms with Gasteiger partial charge < -0.3 is 11.1 Å². The van der Waals surface area contributed by atoms with Crippen LogP contribution in [0.1, 0.15) is 15.9 Å². The summed E-state index contributed by atoms with van der Waals surface area (Å²) in [5, 5.41) is 1.71. The molecule has 19 heavy (non-hydrogen) atoms. The van der Waals surface area contributed by atoms with Crippen LogP contribution in [-0.2, 0) is 6.18 Å². The van der Waals surface area contributed by atoms with Gasteiger partial charge >= 0.3 is 12.4 Å². The summed E-state index contributed by atoms with van der Waals surface area (Å²) < 4.78 is 72.9. The summed E-state index contributed by atoms with van der Waals surface area (Å²) in [5.74, 6) is -1.97. The molecule has 1 rings (SSSR count). The van der Waals surface area contributed by atoms with Crippen LogP contribution < -0.4 is 11.1 Å². The standard InChI is InChI=1S/C9H7F6N3O/c10-8(11,12)3-18-7-5(6(16)19)1-4(2-17-7)9(13,14)15/h1-2H,3H2,(H2,16,19)(H,17,18). The predicted octanol–water partition coefficient (Wildman–Crippen LogP) is 2.17. The summed E-state index contributed by atoms with van der Waals surface area (Å²) in [7, 11) is 0. The Kier molecular flexibility index (Phi) is 3.91. The highest BCUT2D eigenvalue weighted by Crippen LogP contribution is 2.30. The summed E-state index contributed by atoms with van der Waals surface area (Å²) in [5.41, 5.74) is 2.75. The molecule has 4 nitrogen and oxygen atoms in total. The molecule has 1 heterocycles. The zero-order chi connectivity index (χ0) is 14.8. The van der Waals surface area contributed by atoms with Crippen LogP contribution in [0, 0.1) is 0 Å².